The predicted octanol–water partition coefficient (Wildman–Crippen LogP) is 7.10. The lowest BCUT2D eigenvalue weighted by atomic mass is 10.0. The predicted molar refractivity (Wildman–Crippen MR) is 139 cm³/mol. The highest BCUT2D eigenvalue weighted by molar-refractivity contribution is 7.61. The van der Waals surface area contributed by atoms with E-state index in [0.29, 0.717) is 39.9 Å². The lowest BCUT2D eigenvalue weighted by Crippen LogP contribution is -2.11. The van der Waals surface area contributed by atoms with E-state index in [2.05, 4.69) is 20.3 Å². The normalized spacial score (nSPS) is 12.4. The van der Waals surface area contributed by atoms with E-state index in [1.54, 1.807) is 39.3 Å². The minimum Gasteiger partial charge on any atom is -0.375 e. The van der Waals surface area contributed by atoms with Crippen LogP contribution in [0.2, 0.25) is 5.02 Å². The molecule has 1 aromatic carbocycles. The first kappa shape index (κ1) is 25.7. The van der Waals surface area contributed by atoms with Crippen LogP contribution in [0.1, 0.15) is 35.5 Å². The van der Waals surface area contributed by atoms with Crippen molar-refractivity contribution in [3.05, 3.63) is 81.8 Å². The maximum Gasteiger partial charge on any atom is 0.151 e. The van der Waals surface area contributed by atoms with E-state index in [1.807, 2.05) is 6.07 Å². The van der Waals surface area contributed by atoms with Gasteiger partial charge < -0.3 is 9.88 Å². The van der Waals surface area contributed by atoms with E-state index in [9.17, 15) is 14.2 Å². The molecule has 0 bridgehead atoms. The number of pyridine rings is 3. The molecule has 0 saturated carbocycles. The van der Waals surface area contributed by atoms with Crippen LogP contribution in [0.3, 0.4) is 0 Å². The SMILES string of the molecule is Cc1nc2cc(F)c(-c3ccc(CP(C)(C)=O)nc3)nc2c(NC(C)c2cc(C#N)ccc2F)c1Cl. The smallest absolute Gasteiger partial charge is 0.151 e. The number of hydrogen-bond acceptors (Lipinski definition) is 6. The first-order chi connectivity index (χ1) is 17.0. The summed E-state index contributed by atoms with van der Waals surface area (Å²) in [5, 5.41) is 12.6. The zero-order valence-corrected chi connectivity index (χ0v) is 21.8. The number of aryl methyl sites for hydroxylation is 1. The second-order valence-corrected chi connectivity index (χ2v) is 12.9. The summed E-state index contributed by atoms with van der Waals surface area (Å²) in [6, 6.07) is 10.2. The molecule has 0 aliphatic rings. The van der Waals surface area contributed by atoms with Crippen LogP contribution in [0, 0.1) is 29.9 Å². The summed E-state index contributed by atoms with van der Waals surface area (Å²) in [6.45, 7) is 6.78. The van der Waals surface area contributed by atoms with E-state index in [1.165, 1.54) is 30.5 Å². The van der Waals surface area contributed by atoms with Crippen LogP contribution in [-0.4, -0.2) is 28.3 Å². The van der Waals surface area contributed by atoms with Crippen LogP contribution in [0.4, 0.5) is 14.5 Å². The topological polar surface area (TPSA) is 91.6 Å². The Balaban J connectivity index is 1.80. The molecule has 3 aromatic heterocycles. The Kier molecular flexibility index (Phi) is 7.08. The van der Waals surface area contributed by atoms with Gasteiger partial charge >= 0.3 is 0 Å². The Bertz CT molecular complexity index is 1560. The molecule has 0 aliphatic carbocycles. The number of benzene rings is 1. The van der Waals surface area contributed by atoms with Crippen molar-refractivity contribution in [2.24, 2.45) is 0 Å². The van der Waals surface area contributed by atoms with Gasteiger partial charge in [0.25, 0.3) is 0 Å². The summed E-state index contributed by atoms with van der Waals surface area (Å²) < 4.78 is 41.7. The molecule has 36 heavy (non-hydrogen) atoms. The molecule has 3 heterocycles. The van der Waals surface area contributed by atoms with Crippen LogP contribution in [0.15, 0.2) is 42.6 Å². The van der Waals surface area contributed by atoms with Crippen molar-refractivity contribution in [3.63, 3.8) is 0 Å². The fourth-order valence-corrected chi connectivity index (χ4v) is 5.04. The lowest BCUT2D eigenvalue weighted by molar-refractivity contribution is 0.581. The summed E-state index contributed by atoms with van der Waals surface area (Å²) >= 11 is 6.58. The molecule has 0 aliphatic heterocycles. The van der Waals surface area contributed by atoms with E-state index in [4.69, 9.17) is 11.6 Å². The molecule has 4 rings (SSSR count). The fraction of sp³-hybridized carbons (Fsp3) is 0.231. The molecule has 0 amide bonds. The van der Waals surface area contributed by atoms with Crippen molar-refractivity contribution in [1.82, 2.24) is 15.0 Å². The number of aromatic nitrogens is 3. The lowest BCUT2D eigenvalue weighted by Gasteiger charge is -2.20. The minimum atomic E-state index is -2.31. The molecule has 1 unspecified atom stereocenters. The summed E-state index contributed by atoms with van der Waals surface area (Å²) in [6.07, 6.45) is 1.83. The Morgan fingerprint density at radius 3 is 2.53 bits per heavy atom. The molecule has 10 heteroatoms. The Morgan fingerprint density at radius 2 is 1.89 bits per heavy atom. The summed E-state index contributed by atoms with van der Waals surface area (Å²) in [4.78, 5) is 13.2. The van der Waals surface area contributed by atoms with Crippen molar-refractivity contribution >= 4 is 35.5 Å². The number of halogens is 3. The third-order valence-electron chi connectivity index (χ3n) is 5.61. The average Bonchev–Trinajstić information content (AvgIpc) is 2.81. The van der Waals surface area contributed by atoms with Crippen LogP contribution in [0.5, 0.6) is 0 Å². The fourth-order valence-electron chi connectivity index (χ4n) is 3.88. The van der Waals surface area contributed by atoms with E-state index >= 15 is 4.39 Å². The first-order valence-electron chi connectivity index (χ1n) is 11.1. The second kappa shape index (κ2) is 9.93. The molecule has 0 fully saturated rings. The van der Waals surface area contributed by atoms with Gasteiger partial charge in [-0.15, -0.1) is 0 Å². The standard InChI is InChI=1S/C26H23ClF2N5OP/c1-14(19-9-16(11-30)5-8-20(19)28)33-26-23(27)15(2)32-22-10-21(29)24(34-25(22)26)17-6-7-18(31-12-17)13-36(3,4)35/h5-10,12,14H,13H2,1-4H3,(H,32,33). The van der Waals surface area contributed by atoms with Gasteiger partial charge in [-0.2, -0.15) is 5.26 Å². The van der Waals surface area contributed by atoms with Gasteiger partial charge in [0.2, 0.25) is 0 Å². The quantitative estimate of drug-likeness (QED) is 0.270. The van der Waals surface area contributed by atoms with E-state index < -0.39 is 24.8 Å². The first-order valence-corrected chi connectivity index (χ1v) is 14.2. The Morgan fingerprint density at radius 1 is 1.14 bits per heavy atom. The van der Waals surface area contributed by atoms with Gasteiger partial charge in [0.05, 0.1) is 46.7 Å². The van der Waals surface area contributed by atoms with Crippen LogP contribution < -0.4 is 5.32 Å². The average molecular weight is 526 g/mol. The van der Waals surface area contributed by atoms with Crippen LogP contribution in [-0.2, 0) is 10.7 Å². The number of nitrogens with zero attached hydrogens (tertiary/aromatic N) is 4. The number of fused-ring (bicyclic) bond motifs is 1. The molecule has 1 atom stereocenters. The summed E-state index contributed by atoms with van der Waals surface area (Å²) in [7, 11) is -2.31. The minimum absolute atomic E-state index is 0.0489. The Hall–Kier alpha value is -3.40. The van der Waals surface area contributed by atoms with Crippen molar-refractivity contribution in [2.45, 2.75) is 26.1 Å². The number of nitriles is 1. The molecular weight excluding hydrogens is 503 g/mol. The summed E-state index contributed by atoms with van der Waals surface area (Å²) in [5.74, 6) is -1.07. The molecule has 0 saturated heterocycles. The highest BCUT2D eigenvalue weighted by atomic mass is 35.5. The molecule has 0 radical (unpaired) electrons. The van der Waals surface area contributed by atoms with E-state index in [-0.39, 0.29) is 21.8 Å². The van der Waals surface area contributed by atoms with Crippen molar-refractivity contribution in [3.8, 4) is 17.3 Å². The zero-order chi connectivity index (χ0) is 26.2. The maximum atomic E-state index is 15.1. The van der Waals surface area contributed by atoms with Crippen molar-refractivity contribution < 1.29 is 13.3 Å². The number of hydrogen-bond donors (Lipinski definition) is 1. The third-order valence-corrected chi connectivity index (χ3v) is 7.16. The van der Waals surface area contributed by atoms with Gasteiger partial charge in [0, 0.05) is 35.2 Å². The highest BCUT2D eigenvalue weighted by Crippen LogP contribution is 2.40. The third kappa shape index (κ3) is 5.38. The van der Waals surface area contributed by atoms with Crippen molar-refractivity contribution in [1.29, 1.82) is 5.26 Å². The molecule has 6 nitrogen and oxygen atoms in total. The van der Waals surface area contributed by atoms with Gasteiger partial charge in [-0.3, -0.25) is 4.98 Å². The Labute approximate surface area is 212 Å². The van der Waals surface area contributed by atoms with Gasteiger partial charge in [0.15, 0.2) is 5.82 Å². The largest absolute Gasteiger partial charge is 0.375 e. The number of nitrogens with one attached hydrogen (secondary N) is 1. The zero-order valence-electron chi connectivity index (χ0n) is 20.1. The van der Waals surface area contributed by atoms with Crippen molar-refractivity contribution in [2.75, 3.05) is 18.6 Å². The second-order valence-electron chi connectivity index (χ2n) is 9.06. The van der Waals surface area contributed by atoms with Gasteiger partial charge in [-0.05, 0) is 57.5 Å². The van der Waals surface area contributed by atoms with Crippen LogP contribution >= 0.6 is 18.7 Å². The van der Waals surface area contributed by atoms with Crippen LogP contribution in [0.25, 0.3) is 22.3 Å². The number of anilines is 1. The molecular formula is C26H23ClF2N5OP. The maximum absolute atomic E-state index is 15.1. The summed E-state index contributed by atoms with van der Waals surface area (Å²) in [5.41, 5.74) is 3.14. The van der Waals surface area contributed by atoms with Gasteiger partial charge in [-0.1, -0.05) is 11.6 Å². The monoisotopic (exact) mass is 525 g/mol. The molecule has 0 spiro atoms. The molecule has 184 valence electrons. The van der Waals surface area contributed by atoms with E-state index in [0.717, 1.165) is 0 Å². The van der Waals surface area contributed by atoms with Gasteiger partial charge in [0.1, 0.15) is 17.0 Å². The number of rotatable bonds is 6. The molecule has 4 aromatic rings. The highest BCUT2D eigenvalue weighted by Gasteiger charge is 2.20. The molecule has 1 N–H and O–H groups in total. The van der Waals surface area contributed by atoms with Gasteiger partial charge in [-0.25, -0.2) is 18.7 Å².